The molecule has 0 atom stereocenters. The van der Waals surface area contributed by atoms with E-state index in [9.17, 15) is 18.4 Å². The molecule has 8 heteroatoms. The van der Waals surface area contributed by atoms with Crippen molar-refractivity contribution in [1.29, 1.82) is 0 Å². The summed E-state index contributed by atoms with van der Waals surface area (Å²) in [6.45, 7) is 2.05. The summed E-state index contributed by atoms with van der Waals surface area (Å²) < 4.78 is 32.5. The van der Waals surface area contributed by atoms with Gasteiger partial charge < -0.3 is 20.4 Å². The molecule has 0 spiro atoms. The van der Waals surface area contributed by atoms with Crippen molar-refractivity contribution in [3.05, 3.63) is 71.3 Å². The molecule has 0 unspecified atom stereocenters. The lowest BCUT2D eigenvalue weighted by molar-refractivity contribution is 0.0303. The van der Waals surface area contributed by atoms with E-state index in [1.807, 2.05) is 0 Å². The Balaban J connectivity index is 1.69. The van der Waals surface area contributed by atoms with Crippen LogP contribution in [0.4, 0.5) is 8.78 Å². The number of aromatic nitrogens is 1. The minimum Gasteiger partial charge on any atom is -0.378 e. The maximum atomic E-state index is 13.8. The van der Waals surface area contributed by atoms with Gasteiger partial charge in [0.25, 0.3) is 11.8 Å². The maximum absolute atomic E-state index is 13.8. The number of carbonyl (C=O) groups excluding carboxylic acids is 2. The molecule has 32 heavy (non-hydrogen) atoms. The number of nitrogens with one attached hydrogen (secondary N) is 1. The van der Waals surface area contributed by atoms with Crippen LogP contribution in [-0.4, -0.2) is 48.0 Å². The number of morpholine rings is 1. The molecule has 1 fully saturated rings. The van der Waals surface area contributed by atoms with Crippen LogP contribution in [0.1, 0.15) is 20.7 Å². The van der Waals surface area contributed by atoms with E-state index in [-0.39, 0.29) is 11.5 Å². The number of nitrogens with two attached hydrogens (primary N) is 1. The molecule has 1 aromatic heterocycles. The van der Waals surface area contributed by atoms with Gasteiger partial charge in [-0.25, -0.2) is 8.78 Å². The van der Waals surface area contributed by atoms with Gasteiger partial charge in [-0.15, -0.1) is 0 Å². The number of hydrogen-bond donors (Lipinski definition) is 2. The smallest absolute Gasteiger partial charge is 0.254 e. The second-order valence-electron chi connectivity index (χ2n) is 7.73. The summed E-state index contributed by atoms with van der Waals surface area (Å²) in [4.78, 5) is 30.0. The van der Waals surface area contributed by atoms with E-state index in [2.05, 4.69) is 4.98 Å². The van der Waals surface area contributed by atoms with Crippen LogP contribution in [-0.2, 0) is 4.74 Å². The standard InChI is InChI=1S/C24H19F2N3O3/c25-19-3-1-13(12-20(19)26)15-10-17-16-9-14(24(31)29-5-7-32-8-6-29)2-4-21(16)28-22(17)18(11-15)23(27)30/h1-4,9-12,28H,5-8H2,(H2,27,30). The molecule has 0 aliphatic carbocycles. The number of carbonyl (C=O) groups is 2. The first-order chi connectivity index (χ1) is 15.4. The minimum absolute atomic E-state index is 0.101. The molecule has 3 aromatic carbocycles. The summed E-state index contributed by atoms with van der Waals surface area (Å²) in [5.41, 5.74) is 8.51. The number of H-pyrrole nitrogens is 1. The molecule has 1 saturated heterocycles. The van der Waals surface area contributed by atoms with E-state index < -0.39 is 17.5 Å². The van der Waals surface area contributed by atoms with Crippen LogP contribution in [0.15, 0.2) is 48.5 Å². The molecule has 0 bridgehead atoms. The zero-order valence-electron chi connectivity index (χ0n) is 17.0. The number of rotatable bonds is 3. The first-order valence-electron chi connectivity index (χ1n) is 10.1. The highest BCUT2D eigenvalue weighted by Crippen LogP contribution is 2.34. The van der Waals surface area contributed by atoms with Gasteiger partial charge in [0.1, 0.15) is 0 Å². The van der Waals surface area contributed by atoms with Crippen molar-refractivity contribution < 1.29 is 23.1 Å². The first-order valence-corrected chi connectivity index (χ1v) is 10.1. The second kappa shape index (κ2) is 7.72. The lowest BCUT2D eigenvalue weighted by Gasteiger charge is -2.26. The normalized spacial score (nSPS) is 14.2. The van der Waals surface area contributed by atoms with E-state index in [0.29, 0.717) is 53.9 Å². The number of halogens is 2. The summed E-state index contributed by atoms with van der Waals surface area (Å²) in [6, 6.07) is 12.2. The highest BCUT2D eigenvalue weighted by molar-refractivity contribution is 6.17. The van der Waals surface area contributed by atoms with Gasteiger partial charge in [-0.05, 0) is 53.6 Å². The van der Waals surface area contributed by atoms with E-state index in [1.54, 1.807) is 35.2 Å². The number of benzene rings is 3. The summed E-state index contributed by atoms with van der Waals surface area (Å²) in [5, 5.41) is 1.39. The van der Waals surface area contributed by atoms with Crippen molar-refractivity contribution in [3.8, 4) is 11.1 Å². The highest BCUT2D eigenvalue weighted by atomic mass is 19.2. The highest BCUT2D eigenvalue weighted by Gasteiger charge is 2.21. The van der Waals surface area contributed by atoms with Crippen LogP contribution >= 0.6 is 0 Å². The predicted molar refractivity (Wildman–Crippen MR) is 116 cm³/mol. The fourth-order valence-electron chi connectivity index (χ4n) is 4.12. The topological polar surface area (TPSA) is 88.4 Å². The van der Waals surface area contributed by atoms with Crippen molar-refractivity contribution in [2.24, 2.45) is 5.73 Å². The van der Waals surface area contributed by atoms with Crippen molar-refractivity contribution in [2.45, 2.75) is 0 Å². The number of primary amides is 1. The zero-order valence-corrected chi connectivity index (χ0v) is 17.0. The maximum Gasteiger partial charge on any atom is 0.254 e. The number of amides is 2. The molecule has 2 amide bonds. The van der Waals surface area contributed by atoms with Gasteiger partial charge in [-0.2, -0.15) is 0 Å². The van der Waals surface area contributed by atoms with Crippen molar-refractivity contribution in [1.82, 2.24) is 9.88 Å². The van der Waals surface area contributed by atoms with Gasteiger partial charge in [-0.3, -0.25) is 9.59 Å². The molecule has 1 aliphatic rings. The third-order valence-electron chi connectivity index (χ3n) is 5.77. The monoisotopic (exact) mass is 435 g/mol. The summed E-state index contributed by atoms with van der Waals surface area (Å²) in [7, 11) is 0. The lowest BCUT2D eigenvalue weighted by atomic mass is 9.98. The fraction of sp³-hybridized carbons (Fsp3) is 0.167. The largest absolute Gasteiger partial charge is 0.378 e. The van der Waals surface area contributed by atoms with Crippen molar-refractivity contribution in [2.75, 3.05) is 26.3 Å². The minimum atomic E-state index is -0.986. The van der Waals surface area contributed by atoms with Crippen LogP contribution in [0.5, 0.6) is 0 Å². The number of nitrogens with zero attached hydrogens (tertiary/aromatic N) is 1. The van der Waals surface area contributed by atoms with E-state index in [1.165, 1.54) is 6.07 Å². The predicted octanol–water partition coefficient (Wildman–Crippen LogP) is 3.84. The van der Waals surface area contributed by atoms with Gasteiger partial charge in [0.15, 0.2) is 11.6 Å². The van der Waals surface area contributed by atoms with Crippen molar-refractivity contribution >= 4 is 33.6 Å². The fourth-order valence-corrected chi connectivity index (χ4v) is 4.12. The lowest BCUT2D eigenvalue weighted by Crippen LogP contribution is -2.40. The molecule has 5 rings (SSSR count). The van der Waals surface area contributed by atoms with Crippen molar-refractivity contribution in [3.63, 3.8) is 0 Å². The molecular formula is C24H19F2N3O3. The third-order valence-corrected chi connectivity index (χ3v) is 5.77. The molecule has 0 saturated carbocycles. The Bertz CT molecular complexity index is 1390. The van der Waals surface area contributed by atoms with Crippen LogP contribution in [0.3, 0.4) is 0 Å². The Labute approximate surface area is 181 Å². The molecular weight excluding hydrogens is 416 g/mol. The van der Waals surface area contributed by atoms with Crippen LogP contribution in [0.25, 0.3) is 32.9 Å². The third kappa shape index (κ3) is 3.38. The molecule has 2 heterocycles. The Kier molecular flexibility index (Phi) is 4.86. The first kappa shape index (κ1) is 20.1. The quantitative estimate of drug-likeness (QED) is 0.513. The van der Waals surface area contributed by atoms with Gasteiger partial charge in [-0.1, -0.05) is 6.07 Å². The Morgan fingerprint density at radius 3 is 2.41 bits per heavy atom. The van der Waals surface area contributed by atoms with Gasteiger partial charge in [0, 0.05) is 34.9 Å². The molecule has 162 valence electrons. The molecule has 3 N–H and O–H groups in total. The van der Waals surface area contributed by atoms with E-state index in [0.717, 1.165) is 23.0 Å². The molecule has 6 nitrogen and oxygen atoms in total. The Hall–Kier alpha value is -3.78. The summed E-state index contributed by atoms with van der Waals surface area (Å²) in [6.07, 6.45) is 0. The number of fused-ring (bicyclic) bond motifs is 3. The van der Waals surface area contributed by atoms with Crippen LogP contribution in [0, 0.1) is 11.6 Å². The Morgan fingerprint density at radius 1 is 0.906 bits per heavy atom. The number of aromatic amines is 1. The number of hydrogen-bond acceptors (Lipinski definition) is 3. The average Bonchev–Trinajstić information content (AvgIpc) is 3.18. The molecule has 1 aliphatic heterocycles. The van der Waals surface area contributed by atoms with Gasteiger partial charge >= 0.3 is 0 Å². The van der Waals surface area contributed by atoms with Gasteiger partial charge in [0.05, 0.1) is 24.3 Å². The average molecular weight is 435 g/mol. The number of ether oxygens (including phenoxy) is 1. The summed E-state index contributed by atoms with van der Waals surface area (Å²) in [5.74, 6) is -2.70. The van der Waals surface area contributed by atoms with Crippen LogP contribution in [0.2, 0.25) is 0 Å². The SMILES string of the molecule is NC(=O)c1cc(-c2ccc(F)c(F)c2)cc2c1[nH]c1ccc(C(=O)N3CCOCC3)cc12. The van der Waals surface area contributed by atoms with E-state index in [4.69, 9.17) is 10.5 Å². The van der Waals surface area contributed by atoms with Gasteiger partial charge in [0.2, 0.25) is 0 Å². The molecule has 0 radical (unpaired) electrons. The Morgan fingerprint density at radius 2 is 1.69 bits per heavy atom. The summed E-state index contributed by atoms with van der Waals surface area (Å²) >= 11 is 0. The molecule has 4 aromatic rings. The zero-order chi connectivity index (χ0) is 22.4. The van der Waals surface area contributed by atoms with E-state index >= 15 is 0 Å². The second-order valence-corrected chi connectivity index (χ2v) is 7.73. The van der Waals surface area contributed by atoms with Crippen LogP contribution < -0.4 is 5.73 Å².